The Labute approximate surface area is 260 Å². The van der Waals surface area contributed by atoms with Gasteiger partial charge >= 0.3 is 0 Å². The topological polar surface area (TPSA) is 96.2 Å². The molecule has 0 spiro atoms. The molecular formula is C32H55N8Zn-. The molecule has 0 radical (unpaired) electrons. The van der Waals surface area contributed by atoms with Crippen LogP contribution >= 0.6 is 0 Å². The first-order chi connectivity index (χ1) is 19.8. The van der Waals surface area contributed by atoms with Gasteiger partial charge in [0, 0.05) is 25.6 Å². The molecule has 0 aromatic heterocycles. The molecule has 8 N–H and O–H groups in total. The number of rotatable bonds is 0. The van der Waals surface area contributed by atoms with Crippen molar-refractivity contribution in [1.82, 2.24) is 42.5 Å². The Morgan fingerprint density at radius 2 is 0.585 bits per heavy atom. The van der Waals surface area contributed by atoms with Crippen molar-refractivity contribution >= 4 is 0 Å². The quantitative estimate of drug-likeness (QED) is 0.155. The molecule has 226 valence electrons. The van der Waals surface area contributed by atoms with Crippen molar-refractivity contribution in [3.63, 3.8) is 0 Å². The van der Waals surface area contributed by atoms with E-state index in [0.717, 1.165) is 35.5 Å². The molecule has 8 nitrogen and oxygen atoms in total. The Morgan fingerprint density at radius 1 is 0.317 bits per heavy atom. The summed E-state index contributed by atoms with van der Waals surface area (Å²) in [5.41, 5.74) is 0. The maximum atomic E-state index is 4.25. The summed E-state index contributed by atoms with van der Waals surface area (Å²) in [6.45, 7) is 0. The number of fused-ring (bicyclic) bond motifs is 20. The molecule has 4 aliphatic carbocycles. The first-order valence-electron chi connectivity index (χ1n) is 17.7. The molecule has 8 bridgehead atoms. The second-order valence-corrected chi connectivity index (χ2v) is 15.4. The zero-order valence-corrected chi connectivity index (χ0v) is 28.1. The Hall–Kier alpha value is 0.303. The third-order valence-electron chi connectivity index (χ3n) is 13.6. The monoisotopic (exact) mass is 615 g/mol. The van der Waals surface area contributed by atoms with Gasteiger partial charge in [-0.1, -0.05) is 51.4 Å². The summed E-state index contributed by atoms with van der Waals surface area (Å²) >= 11 is 0. The fraction of sp³-hybridized carbons (Fsp3) is 0.969. The average Bonchev–Trinajstić information content (AvgIpc) is 3.73. The minimum absolute atomic E-state index is 0. The van der Waals surface area contributed by atoms with Gasteiger partial charge in [-0.25, -0.2) is 0 Å². The van der Waals surface area contributed by atoms with Crippen molar-refractivity contribution in [2.45, 2.75) is 146 Å². The SMILES string of the molecule is [CH-]1CCCC2C3NC(NC4NC(NC5NC(NC6NC(N3)C3CCCCC63)C3CCCCC53)C3CCCCC43)C12.[Zn]. The van der Waals surface area contributed by atoms with Crippen molar-refractivity contribution in [1.29, 1.82) is 0 Å². The van der Waals surface area contributed by atoms with Gasteiger partial charge in [0.1, 0.15) is 0 Å². The van der Waals surface area contributed by atoms with E-state index in [-0.39, 0.29) is 19.5 Å². The fourth-order valence-electron chi connectivity index (χ4n) is 11.7. The summed E-state index contributed by atoms with van der Waals surface area (Å²) in [5, 5.41) is 33.7. The average molecular weight is 617 g/mol. The first-order valence-corrected chi connectivity index (χ1v) is 17.7. The third kappa shape index (κ3) is 5.04. The van der Waals surface area contributed by atoms with E-state index < -0.39 is 0 Å². The summed E-state index contributed by atoms with van der Waals surface area (Å²) in [6, 6.07) is 0. The van der Waals surface area contributed by atoms with Gasteiger partial charge in [0.25, 0.3) is 0 Å². The van der Waals surface area contributed by atoms with Gasteiger partial charge in [-0.15, -0.1) is 5.92 Å². The summed E-state index contributed by atoms with van der Waals surface area (Å²) < 4.78 is 0. The van der Waals surface area contributed by atoms with Gasteiger partial charge in [-0.3, -0.25) is 42.5 Å². The maximum absolute atomic E-state index is 4.25. The molecule has 5 heterocycles. The smallest absolute Gasteiger partial charge is 0.0628 e. The van der Waals surface area contributed by atoms with Crippen LogP contribution < -0.4 is 42.5 Å². The standard InChI is InChI=1S/C32H55N8.Zn/c1-2-10-18-17(9-1)25-33-26(18)38-28-21-13-5-6-14-22(21)30(35-28)40-32-24-16-8-7-15-23(24)31(36-32)39-29-20-12-4-3-11-19(20)27(34-29)37-25;/h9,17-40H,1-8,10-16H2;/q-1;. The molecular weight excluding hydrogens is 562 g/mol. The summed E-state index contributed by atoms with van der Waals surface area (Å²) in [7, 11) is 0. The van der Waals surface area contributed by atoms with Crippen LogP contribution in [0.25, 0.3) is 0 Å². The molecule has 4 saturated carbocycles. The largest absolute Gasteiger partial charge is 0.322 e. The molecule has 9 aliphatic rings. The van der Waals surface area contributed by atoms with Gasteiger partial charge < -0.3 is 6.42 Å². The summed E-state index contributed by atoms with van der Waals surface area (Å²) in [6.07, 6.45) is 26.4. The maximum Gasteiger partial charge on any atom is 0.0628 e. The normalized spacial score (nSPS) is 56.2. The van der Waals surface area contributed by atoms with Gasteiger partial charge in [0.2, 0.25) is 0 Å². The van der Waals surface area contributed by atoms with Crippen molar-refractivity contribution in [3.8, 4) is 0 Å². The Balaban J connectivity index is 0.00000256. The fourth-order valence-corrected chi connectivity index (χ4v) is 11.7. The molecule has 9 rings (SSSR count). The van der Waals surface area contributed by atoms with Crippen LogP contribution in [0.15, 0.2) is 0 Å². The van der Waals surface area contributed by atoms with E-state index >= 15 is 0 Å². The van der Waals surface area contributed by atoms with Crippen LogP contribution in [0.3, 0.4) is 0 Å². The van der Waals surface area contributed by atoms with E-state index in [2.05, 4.69) is 49.0 Å². The van der Waals surface area contributed by atoms with Crippen LogP contribution in [0, 0.1) is 53.8 Å². The van der Waals surface area contributed by atoms with E-state index in [1.165, 1.54) is 96.3 Å². The zero-order chi connectivity index (χ0) is 26.2. The number of hydrogen-bond acceptors (Lipinski definition) is 8. The predicted octanol–water partition coefficient (Wildman–Crippen LogP) is 2.42. The van der Waals surface area contributed by atoms with E-state index in [1.807, 2.05) is 0 Å². The minimum Gasteiger partial charge on any atom is -0.322 e. The zero-order valence-electron chi connectivity index (χ0n) is 25.1. The van der Waals surface area contributed by atoms with E-state index in [4.69, 9.17) is 0 Å². The molecule has 9 heteroatoms. The van der Waals surface area contributed by atoms with Crippen LogP contribution in [0.4, 0.5) is 0 Å². The molecule has 5 saturated heterocycles. The third-order valence-corrected chi connectivity index (χ3v) is 13.6. The predicted molar refractivity (Wildman–Crippen MR) is 157 cm³/mol. The second kappa shape index (κ2) is 11.9. The molecule has 16 unspecified atom stereocenters. The van der Waals surface area contributed by atoms with Crippen LogP contribution in [0.2, 0.25) is 0 Å². The van der Waals surface area contributed by atoms with Crippen LogP contribution in [-0.4, -0.2) is 49.3 Å². The van der Waals surface area contributed by atoms with Crippen molar-refractivity contribution in [3.05, 3.63) is 6.42 Å². The van der Waals surface area contributed by atoms with Gasteiger partial charge in [0.15, 0.2) is 0 Å². The summed E-state index contributed by atoms with van der Waals surface area (Å²) in [5.74, 6) is 5.74. The van der Waals surface area contributed by atoms with E-state index in [1.54, 1.807) is 0 Å². The van der Waals surface area contributed by atoms with E-state index in [9.17, 15) is 0 Å². The molecule has 0 aromatic carbocycles. The van der Waals surface area contributed by atoms with E-state index in [0.29, 0.717) is 61.2 Å². The molecule has 0 amide bonds. The number of hydrogen-bond donors (Lipinski definition) is 8. The van der Waals surface area contributed by atoms with Crippen LogP contribution in [-0.2, 0) is 19.5 Å². The van der Waals surface area contributed by atoms with Gasteiger partial charge in [0.05, 0.1) is 43.2 Å². The second-order valence-electron chi connectivity index (χ2n) is 15.4. The molecule has 0 aromatic rings. The summed E-state index contributed by atoms with van der Waals surface area (Å²) in [4.78, 5) is 0. The Morgan fingerprint density at radius 3 is 0.927 bits per heavy atom. The molecule has 9 fully saturated rings. The Kier molecular flexibility index (Phi) is 8.35. The van der Waals surface area contributed by atoms with Crippen LogP contribution in [0.1, 0.15) is 96.3 Å². The Bertz CT molecular complexity index is 716. The first kappa shape index (κ1) is 28.8. The van der Waals surface area contributed by atoms with Gasteiger partial charge in [-0.2, -0.15) is 6.42 Å². The molecule has 5 aliphatic heterocycles. The van der Waals surface area contributed by atoms with Crippen LogP contribution in [0.5, 0.6) is 0 Å². The minimum atomic E-state index is 0. The molecule has 41 heavy (non-hydrogen) atoms. The van der Waals surface area contributed by atoms with Crippen molar-refractivity contribution in [2.75, 3.05) is 0 Å². The van der Waals surface area contributed by atoms with Crippen molar-refractivity contribution < 1.29 is 19.5 Å². The van der Waals surface area contributed by atoms with Crippen molar-refractivity contribution in [2.24, 2.45) is 47.3 Å². The molecule has 16 atom stereocenters. The van der Waals surface area contributed by atoms with Gasteiger partial charge in [-0.05, 0) is 80.0 Å². The number of nitrogens with one attached hydrogen (secondary N) is 8.